The Bertz CT molecular complexity index is 1820. The average Bonchev–Trinajstić information content (AvgIpc) is 3.33. The number of nitrogens with two attached hydrogens (primary N) is 1. The van der Waals surface area contributed by atoms with E-state index in [1.165, 1.54) is 44.4 Å². The Labute approximate surface area is 256 Å². The molecule has 3 heterocycles. The molecule has 5 rings (SSSR count). The number of primary amides is 1. The van der Waals surface area contributed by atoms with E-state index in [1.54, 1.807) is 0 Å². The number of methoxy groups -OCH3 is 1. The van der Waals surface area contributed by atoms with Crippen LogP contribution in [0.3, 0.4) is 0 Å². The molecule has 1 aliphatic heterocycles. The summed E-state index contributed by atoms with van der Waals surface area (Å²) < 4.78 is 68.6. The van der Waals surface area contributed by atoms with Crippen LogP contribution in [0, 0.1) is 5.82 Å². The van der Waals surface area contributed by atoms with Crippen LogP contribution in [0.5, 0.6) is 11.5 Å². The van der Waals surface area contributed by atoms with E-state index in [-0.39, 0.29) is 56.2 Å². The van der Waals surface area contributed by atoms with Crippen molar-refractivity contribution in [3.05, 3.63) is 81.3 Å². The fourth-order valence-corrected chi connectivity index (χ4v) is 5.04. The number of pyridine rings is 2. The highest BCUT2D eigenvalue weighted by molar-refractivity contribution is 6.41. The van der Waals surface area contributed by atoms with Crippen LogP contribution in [0.2, 0.25) is 10.2 Å². The van der Waals surface area contributed by atoms with E-state index in [2.05, 4.69) is 15.3 Å². The van der Waals surface area contributed by atoms with Gasteiger partial charge < -0.3 is 25.6 Å². The minimum Gasteiger partial charge on any atom is -0.494 e. The second kappa shape index (κ2) is 11.1. The van der Waals surface area contributed by atoms with Gasteiger partial charge in [-0.15, -0.1) is 0 Å². The predicted octanol–water partition coefficient (Wildman–Crippen LogP) is 5.07. The molecule has 0 saturated carbocycles. The van der Waals surface area contributed by atoms with Crippen LogP contribution in [0.25, 0.3) is 22.2 Å². The van der Waals surface area contributed by atoms with Gasteiger partial charge in [-0.05, 0) is 55.5 Å². The number of carbonyl (C=O) groups is 2. The van der Waals surface area contributed by atoms with E-state index in [1.807, 2.05) is 0 Å². The van der Waals surface area contributed by atoms with Gasteiger partial charge in [0.25, 0.3) is 5.91 Å². The monoisotopic (exact) mass is 652 g/mol. The van der Waals surface area contributed by atoms with Crippen molar-refractivity contribution >= 4 is 45.9 Å². The summed E-state index contributed by atoms with van der Waals surface area (Å²) in [7, 11) is 1.30. The Hall–Kier alpha value is -4.20. The first-order valence-electron chi connectivity index (χ1n) is 12.7. The summed E-state index contributed by atoms with van der Waals surface area (Å²) in [5, 5.41) is 13.7. The molecule has 0 bridgehead atoms. The second-order valence-corrected chi connectivity index (χ2v) is 11.0. The number of ether oxygens (including phenoxy) is 2. The summed E-state index contributed by atoms with van der Waals surface area (Å²) in [6.07, 6.45) is -5.39. The standard InChI is InChI=1S/C29H22Cl2F4N4O5/c1-27(26(36)41)12-44-23-17(27)10-20(38-22(23)13-3-5-16(32)6-4-13)28(42,29(33,34)35)11-37-25(40)15-7-14-8-18(30)24(31)39-21(14)19(9-15)43-2/h3-10,42H,11-12H2,1-2H3,(H2,36,41)(H,37,40)/t27-,28?/m0/s1. The summed E-state index contributed by atoms with van der Waals surface area (Å²) >= 11 is 12.0. The first-order chi connectivity index (χ1) is 20.6. The largest absolute Gasteiger partial charge is 0.494 e. The Morgan fingerprint density at radius 2 is 1.82 bits per heavy atom. The van der Waals surface area contributed by atoms with Gasteiger partial charge in [-0.25, -0.2) is 14.4 Å². The number of hydrogen-bond acceptors (Lipinski definition) is 7. The SMILES string of the molecule is COc1cc(C(=O)NCC(O)(c2cc3c(c(-c4ccc(F)cc4)n2)OC[C@]3(C)C(N)=O)C(F)(F)F)cc2cc(Cl)c(Cl)nc12. The lowest BCUT2D eigenvalue weighted by atomic mass is 9.81. The fourth-order valence-electron chi connectivity index (χ4n) is 4.74. The highest BCUT2D eigenvalue weighted by atomic mass is 35.5. The number of carbonyl (C=O) groups excluding carboxylic acids is 2. The molecule has 15 heteroatoms. The molecule has 1 aliphatic rings. The number of aliphatic hydroxyl groups is 1. The summed E-state index contributed by atoms with van der Waals surface area (Å²) in [6.45, 7) is -0.334. The lowest BCUT2D eigenvalue weighted by molar-refractivity contribution is -0.265. The molecule has 230 valence electrons. The van der Waals surface area contributed by atoms with Gasteiger partial charge in [0.2, 0.25) is 11.5 Å². The highest BCUT2D eigenvalue weighted by Crippen LogP contribution is 2.47. The summed E-state index contributed by atoms with van der Waals surface area (Å²) in [5.41, 5.74) is -0.734. The van der Waals surface area contributed by atoms with Crippen molar-refractivity contribution in [2.45, 2.75) is 24.1 Å². The Kier molecular flexibility index (Phi) is 7.85. The lowest BCUT2D eigenvalue weighted by Crippen LogP contribution is -2.51. The Morgan fingerprint density at radius 3 is 2.43 bits per heavy atom. The molecule has 2 atom stereocenters. The molecule has 44 heavy (non-hydrogen) atoms. The highest BCUT2D eigenvalue weighted by Gasteiger charge is 2.57. The van der Waals surface area contributed by atoms with E-state index in [4.69, 9.17) is 38.4 Å². The van der Waals surface area contributed by atoms with Crippen LogP contribution in [0.1, 0.15) is 28.5 Å². The van der Waals surface area contributed by atoms with Crippen LogP contribution in [-0.4, -0.2) is 53.3 Å². The number of rotatable bonds is 7. The minimum absolute atomic E-state index is 0.0235. The third-order valence-electron chi connectivity index (χ3n) is 7.41. The normalized spacial score (nSPS) is 17.5. The van der Waals surface area contributed by atoms with Crippen molar-refractivity contribution in [2.24, 2.45) is 5.73 Å². The van der Waals surface area contributed by atoms with Gasteiger partial charge in [0.05, 0.1) is 24.4 Å². The van der Waals surface area contributed by atoms with E-state index < -0.39 is 47.1 Å². The summed E-state index contributed by atoms with van der Waals surface area (Å²) in [5.74, 6) is -2.49. The average molecular weight is 653 g/mol. The van der Waals surface area contributed by atoms with Crippen LogP contribution in [0.15, 0.2) is 48.5 Å². The number of alkyl halides is 3. The first kappa shape index (κ1) is 31.2. The molecule has 0 radical (unpaired) electrons. The third-order valence-corrected chi connectivity index (χ3v) is 8.08. The second-order valence-electron chi connectivity index (χ2n) is 10.3. The molecule has 2 aromatic heterocycles. The molecule has 4 N–H and O–H groups in total. The molecule has 0 aliphatic carbocycles. The quantitative estimate of drug-likeness (QED) is 0.187. The van der Waals surface area contributed by atoms with Crippen LogP contribution < -0.4 is 20.5 Å². The van der Waals surface area contributed by atoms with Crippen molar-refractivity contribution in [3.8, 4) is 22.8 Å². The van der Waals surface area contributed by atoms with Gasteiger partial charge in [-0.2, -0.15) is 13.2 Å². The number of amides is 2. The number of nitrogens with one attached hydrogen (secondary N) is 1. The van der Waals surface area contributed by atoms with Crippen molar-refractivity contribution in [2.75, 3.05) is 20.3 Å². The maximum Gasteiger partial charge on any atom is 0.424 e. The molecule has 0 spiro atoms. The molecule has 0 fully saturated rings. The van der Waals surface area contributed by atoms with Gasteiger partial charge in [-0.1, -0.05) is 23.2 Å². The van der Waals surface area contributed by atoms with Crippen molar-refractivity contribution in [1.29, 1.82) is 0 Å². The number of aromatic nitrogens is 2. The van der Waals surface area contributed by atoms with Gasteiger partial charge in [0.15, 0.2) is 0 Å². The Balaban J connectivity index is 1.59. The van der Waals surface area contributed by atoms with E-state index in [0.29, 0.717) is 5.39 Å². The van der Waals surface area contributed by atoms with Crippen molar-refractivity contribution in [3.63, 3.8) is 0 Å². The molecule has 9 nitrogen and oxygen atoms in total. The maximum absolute atomic E-state index is 14.7. The van der Waals surface area contributed by atoms with E-state index >= 15 is 0 Å². The van der Waals surface area contributed by atoms with Crippen molar-refractivity contribution in [1.82, 2.24) is 15.3 Å². The topological polar surface area (TPSA) is 137 Å². The zero-order valence-electron chi connectivity index (χ0n) is 22.9. The lowest BCUT2D eigenvalue weighted by Gasteiger charge is -2.31. The van der Waals surface area contributed by atoms with Gasteiger partial charge >= 0.3 is 6.18 Å². The molecule has 2 aromatic carbocycles. The zero-order valence-corrected chi connectivity index (χ0v) is 24.4. The number of benzene rings is 2. The predicted molar refractivity (Wildman–Crippen MR) is 152 cm³/mol. The van der Waals surface area contributed by atoms with Crippen LogP contribution in [-0.2, 0) is 15.8 Å². The molecule has 2 amide bonds. The van der Waals surface area contributed by atoms with E-state index in [0.717, 1.165) is 18.2 Å². The Morgan fingerprint density at radius 1 is 1.14 bits per heavy atom. The van der Waals surface area contributed by atoms with Gasteiger partial charge in [0, 0.05) is 22.1 Å². The van der Waals surface area contributed by atoms with Gasteiger partial charge in [0.1, 0.15) is 45.7 Å². The minimum atomic E-state index is -5.39. The maximum atomic E-state index is 14.7. The molecular weight excluding hydrogens is 631 g/mol. The molecule has 1 unspecified atom stereocenters. The van der Waals surface area contributed by atoms with Crippen LogP contribution >= 0.6 is 23.2 Å². The summed E-state index contributed by atoms with van der Waals surface area (Å²) in [6, 6.07) is 9.44. The molecule has 0 saturated heterocycles. The fraction of sp³-hybridized carbons (Fsp3) is 0.241. The smallest absolute Gasteiger partial charge is 0.424 e. The molecule has 4 aromatic rings. The number of halogens is 6. The van der Waals surface area contributed by atoms with E-state index in [9.17, 15) is 32.3 Å². The molecular formula is C29H22Cl2F4N4O5. The first-order valence-corrected chi connectivity index (χ1v) is 13.5. The summed E-state index contributed by atoms with van der Waals surface area (Å²) in [4.78, 5) is 33.7. The number of hydrogen-bond donors (Lipinski definition) is 3. The number of fused-ring (bicyclic) bond motifs is 2. The number of nitrogens with zero attached hydrogens (tertiary/aromatic N) is 2. The van der Waals surface area contributed by atoms with Crippen LogP contribution in [0.4, 0.5) is 17.6 Å². The van der Waals surface area contributed by atoms with Crippen molar-refractivity contribution < 1.29 is 41.7 Å². The third kappa shape index (κ3) is 5.24. The zero-order chi connectivity index (χ0) is 32.2. The van der Waals surface area contributed by atoms with Gasteiger partial charge in [-0.3, -0.25) is 9.59 Å².